The molecule has 124 valence electrons. The van der Waals surface area contributed by atoms with E-state index in [-0.39, 0.29) is 14.7 Å². The van der Waals surface area contributed by atoms with E-state index < -0.39 is 15.7 Å². The number of benzene rings is 1. The maximum atomic E-state index is 14.2. The summed E-state index contributed by atoms with van der Waals surface area (Å²) in [6.07, 6.45) is 2.82. The molecule has 1 N–H and O–H groups in total. The van der Waals surface area contributed by atoms with Crippen LogP contribution in [0.4, 0.5) is 4.39 Å². The highest BCUT2D eigenvalue weighted by Crippen LogP contribution is 2.39. The average Bonchev–Trinajstić information content (AvgIpc) is 3.01. The van der Waals surface area contributed by atoms with Crippen LogP contribution in [-0.4, -0.2) is 20.4 Å². The third-order valence-electron chi connectivity index (χ3n) is 3.45. The van der Waals surface area contributed by atoms with Gasteiger partial charge in [0.05, 0.1) is 4.90 Å². The molecule has 0 aliphatic carbocycles. The number of pyridine rings is 1. The molecule has 7 heteroatoms. The highest BCUT2D eigenvalue weighted by atomic mass is 32.2. The van der Waals surface area contributed by atoms with E-state index in [9.17, 15) is 12.8 Å². The van der Waals surface area contributed by atoms with Crippen LogP contribution in [0.1, 0.15) is 4.88 Å². The van der Waals surface area contributed by atoms with Crippen LogP contribution in [0.3, 0.4) is 0 Å². The number of rotatable bonds is 5. The second-order valence-electron chi connectivity index (χ2n) is 5.12. The largest absolute Gasteiger partial charge is 0.315 e. The van der Waals surface area contributed by atoms with E-state index in [1.54, 1.807) is 37.4 Å². The number of aromatic nitrogens is 1. The van der Waals surface area contributed by atoms with Crippen LogP contribution < -0.4 is 5.32 Å². The van der Waals surface area contributed by atoms with Gasteiger partial charge < -0.3 is 5.32 Å². The van der Waals surface area contributed by atoms with Gasteiger partial charge in [0.15, 0.2) is 0 Å². The lowest BCUT2D eigenvalue weighted by molar-refractivity contribution is 0.597. The van der Waals surface area contributed by atoms with Gasteiger partial charge in [-0.25, -0.2) is 12.8 Å². The standard InChI is InChI=1S/C17H15FN2O2S2/c1-19-10-12-9-15(14-6-2-3-7-16(14)18)17(23-12)24(21,22)13-5-4-8-20-11-13/h2-9,11,19H,10H2,1H3. The quantitative estimate of drug-likeness (QED) is 0.755. The lowest BCUT2D eigenvalue weighted by Gasteiger charge is -2.06. The second kappa shape index (κ2) is 6.80. The maximum absolute atomic E-state index is 14.2. The van der Waals surface area contributed by atoms with Crippen molar-refractivity contribution >= 4 is 21.2 Å². The van der Waals surface area contributed by atoms with Crippen LogP contribution in [0, 0.1) is 5.82 Å². The maximum Gasteiger partial charge on any atom is 0.218 e. The number of hydrogen-bond acceptors (Lipinski definition) is 5. The summed E-state index contributed by atoms with van der Waals surface area (Å²) < 4.78 is 40.3. The smallest absolute Gasteiger partial charge is 0.218 e. The summed E-state index contributed by atoms with van der Waals surface area (Å²) in [5.41, 5.74) is 0.658. The van der Waals surface area contributed by atoms with E-state index in [0.29, 0.717) is 12.1 Å². The molecular formula is C17H15FN2O2S2. The van der Waals surface area contributed by atoms with E-state index >= 15 is 0 Å². The van der Waals surface area contributed by atoms with Gasteiger partial charge >= 0.3 is 0 Å². The molecule has 2 heterocycles. The number of thiophene rings is 1. The molecule has 0 aliphatic heterocycles. The van der Waals surface area contributed by atoms with E-state index in [1.807, 2.05) is 0 Å². The Kier molecular flexibility index (Phi) is 4.75. The molecule has 3 aromatic rings. The Bertz CT molecular complexity index is 954. The zero-order valence-corrected chi connectivity index (χ0v) is 14.5. The molecule has 0 fully saturated rings. The predicted octanol–water partition coefficient (Wildman–Crippen LogP) is 3.50. The number of hydrogen-bond donors (Lipinski definition) is 1. The minimum atomic E-state index is -3.77. The first-order valence-electron chi connectivity index (χ1n) is 7.21. The predicted molar refractivity (Wildman–Crippen MR) is 92.2 cm³/mol. The van der Waals surface area contributed by atoms with Crippen molar-refractivity contribution < 1.29 is 12.8 Å². The summed E-state index contributed by atoms with van der Waals surface area (Å²) >= 11 is 1.14. The van der Waals surface area contributed by atoms with Gasteiger partial charge in [-0.15, -0.1) is 11.3 Å². The van der Waals surface area contributed by atoms with Crippen LogP contribution >= 0.6 is 11.3 Å². The lowest BCUT2D eigenvalue weighted by Crippen LogP contribution is -2.03. The Hall–Kier alpha value is -2.09. The van der Waals surface area contributed by atoms with Crippen molar-refractivity contribution in [2.45, 2.75) is 15.6 Å². The topological polar surface area (TPSA) is 59.1 Å². The molecule has 0 radical (unpaired) electrons. The van der Waals surface area contributed by atoms with Crippen LogP contribution in [0.5, 0.6) is 0 Å². The number of nitrogens with zero attached hydrogens (tertiary/aromatic N) is 1. The van der Waals surface area contributed by atoms with Crippen LogP contribution in [-0.2, 0) is 16.4 Å². The first-order valence-corrected chi connectivity index (χ1v) is 9.51. The van der Waals surface area contributed by atoms with Gasteiger partial charge in [-0.3, -0.25) is 4.98 Å². The zero-order chi connectivity index (χ0) is 17.2. The number of nitrogens with one attached hydrogen (secondary N) is 1. The van der Waals surface area contributed by atoms with Gasteiger partial charge in [-0.05, 0) is 31.3 Å². The van der Waals surface area contributed by atoms with Crippen LogP contribution in [0.2, 0.25) is 0 Å². The Morgan fingerprint density at radius 1 is 1.17 bits per heavy atom. The minimum Gasteiger partial charge on any atom is -0.315 e. The van der Waals surface area contributed by atoms with Gasteiger partial charge in [-0.1, -0.05) is 18.2 Å². The molecule has 0 amide bonds. The first-order chi connectivity index (χ1) is 11.5. The molecule has 0 bridgehead atoms. The van der Waals surface area contributed by atoms with E-state index in [4.69, 9.17) is 0 Å². The summed E-state index contributed by atoms with van der Waals surface area (Å²) in [7, 11) is -1.99. The van der Waals surface area contributed by atoms with E-state index in [1.165, 1.54) is 24.5 Å². The van der Waals surface area contributed by atoms with E-state index in [0.717, 1.165) is 16.2 Å². The Balaban J connectivity index is 2.23. The molecule has 0 unspecified atom stereocenters. The van der Waals surface area contributed by atoms with Gasteiger partial charge in [0, 0.05) is 34.9 Å². The van der Waals surface area contributed by atoms with Gasteiger partial charge in [0.2, 0.25) is 9.84 Å². The van der Waals surface area contributed by atoms with Crippen molar-refractivity contribution in [2.75, 3.05) is 7.05 Å². The molecule has 0 spiro atoms. The third-order valence-corrected chi connectivity index (χ3v) is 6.86. The zero-order valence-electron chi connectivity index (χ0n) is 12.9. The summed E-state index contributed by atoms with van der Waals surface area (Å²) in [5.74, 6) is -0.450. The average molecular weight is 362 g/mol. The third kappa shape index (κ3) is 3.10. The molecule has 3 rings (SSSR count). The van der Waals surface area contributed by atoms with Gasteiger partial charge in [0.25, 0.3) is 0 Å². The van der Waals surface area contributed by atoms with Crippen molar-refractivity contribution in [3.8, 4) is 11.1 Å². The fraction of sp³-hybridized carbons (Fsp3) is 0.118. The lowest BCUT2D eigenvalue weighted by atomic mass is 10.1. The number of halogens is 1. The SMILES string of the molecule is CNCc1cc(-c2ccccc2F)c(S(=O)(=O)c2cccnc2)s1. The number of sulfone groups is 1. The summed E-state index contributed by atoms with van der Waals surface area (Å²) in [6, 6.07) is 11.0. The Morgan fingerprint density at radius 2 is 1.96 bits per heavy atom. The molecular weight excluding hydrogens is 347 g/mol. The van der Waals surface area contributed by atoms with Crippen LogP contribution in [0.25, 0.3) is 11.1 Å². The Labute approximate surface area is 143 Å². The Morgan fingerprint density at radius 3 is 2.62 bits per heavy atom. The monoisotopic (exact) mass is 362 g/mol. The molecule has 0 saturated heterocycles. The molecule has 0 atom stereocenters. The molecule has 0 aliphatic rings. The van der Waals surface area contributed by atoms with Gasteiger partial charge in [0.1, 0.15) is 10.0 Å². The highest BCUT2D eigenvalue weighted by molar-refractivity contribution is 7.93. The summed E-state index contributed by atoms with van der Waals surface area (Å²) in [4.78, 5) is 4.79. The fourth-order valence-corrected chi connectivity index (χ4v) is 5.45. The normalized spacial score (nSPS) is 11.6. The molecule has 24 heavy (non-hydrogen) atoms. The molecule has 1 aromatic carbocycles. The minimum absolute atomic E-state index is 0.0976. The van der Waals surface area contributed by atoms with Crippen molar-refractivity contribution in [3.05, 3.63) is 65.6 Å². The van der Waals surface area contributed by atoms with Crippen molar-refractivity contribution in [2.24, 2.45) is 0 Å². The van der Waals surface area contributed by atoms with Crippen molar-refractivity contribution in [1.82, 2.24) is 10.3 Å². The first kappa shape index (κ1) is 16.8. The second-order valence-corrected chi connectivity index (χ2v) is 8.40. The summed E-state index contributed by atoms with van der Waals surface area (Å²) in [6.45, 7) is 0.509. The van der Waals surface area contributed by atoms with E-state index in [2.05, 4.69) is 10.3 Å². The molecule has 0 saturated carbocycles. The highest BCUT2D eigenvalue weighted by Gasteiger charge is 2.26. The van der Waals surface area contributed by atoms with Gasteiger partial charge in [-0.2, -0.15) is 0 Å². The van der Waals surface area contributed by atoms with Crippen molar-refractivity contribution in [3.63, 3.8) is 0 Å². The molecule has 2 aromatic heterocycles. The van der Waals surface area contributed by atoms with Crippen LogP contribution in [0.15, 0.2) is 64.0 Å². The summed E-state index contributed by atoms with van der Waals surface area (Å²) in [5, 5.41) is 2.99. The molecule has 4 nitrogen and oxygen atoms in total. The van der Waals surface area contributed by atoms with Crippen molar-refractivity contribution in [1.29, 1.82) is 0 Å². The fourth-order valence-electron chi connectivity index (χ4n) is 2.36.